The molecule has 1 aliphatic carbocycles. The first kappa shape index (κ1) is 28.7. The summed E-state index contributed by atoms with van der Waals surface area (Å²) in [6.45, 7) is 3.71. The Balaban J connectivity index is 1.29. The van der Waals surface area contributed by atoms with E-state index in [2.05, 4.69) is 29.9 Å². The van der Waals surface area contributed by atoms with E-state index in [-0.39, 0.29) is 44.7 Å². The molecular formula is C28H36F2N8O3S. The number of piperidine rings is 2. The van der Waals surface area contributed by atoms with Crippen molar-refractivity contribution in [3.8, 4) is 17.1 Å². The summed E-state index contributed by atoms with van der Waals surface area (Å²) in [4.78, 5) is 13.2. The van der Waals surface area contributed by atoms with Crippen molar-refractivity contribution in [1.29, 1.82) is 0 Å². The van der Waals surface area contributed by atoms with Crippen LogP contribution in [0.2, 0.25) is 0 Å². The predicted octanol–water partition coefficient (Wildman–Crippen LogP) is 3.77. The molecule has 1 aromatic carbocycles. The third kappa shape index (κ3) is 6.33. The van der Waals surface area contributed by atoms with Gasteiger partial charge in [0, 0.05) is 51.3 Å². The quantitative estimate of drug-likeness (QED) is 0.376. The minimum Gasteiger partial charge on any atom is -0.396 e. The van der Waals surface area contributed by atoms with E-state index < -0.39 is 15.9 Å². The zero-order chi connectivity index (χ0) is 29.5. The number of anilines is 3. The van der Waals surface area contributed by atoms with Crippen molar-refractivity contribution < 1.29 is 22.3 Å². The molecule has 0 radical (unpaired) electrons. The lowest BCUT2D eigenvalue weighted by Crippen LogP contribution is -2.40. The van der Waals surface area contributed by atoms with Crippen LogP contribution in [0.15, 0.2) is 30.5 Å². The maximum atomic E-state index is 13.7. The van der Waals surface area contributed by atoms with Gasteiger partial charge in [0.15, 0.2) is 0 Å². The fourth-order valence-corrected chi connectivity index (χ4v) is 6.87. The predicted molar refractivity (Wildman–Crippen MR) is 156 cm³/mol. The number of aliphatic hydroxyl groups excluding tert-OH is 1. The van der Waals surface area contributed by atoms with Gasteiger partial charge < -0.3 is 14.9 Å². The van der Waals surface area contributed by atoms with E-state index in [1.165, 1.54) is 12.8 Å². The van der Waals surface area contributed by atoms with Gasteiger partial charge in [-0.25, -0.2) is 31.8 Å². The van der Waals surface area contributed by atoms with Crippen LogP contribution < -0.4 is 14.5 Å². The molecule has 3 fully saturated rings. The molecule has 4 heterocycles. The van der Waals surface area contributed by atoms with Gasteiger partial charge in [-0.05, 0) is 68.7 Å². The first-order valence-electron chi connectivity index (χ1n) is 14.5. The van der Waals surface area contributed by atoms with Crippen molar-refractivity contribution in [2.24, 2.45) is 5.41 Å². The molecule has 2 aliphatic heterocycles. The molecule has 2 saturated heterocycles. The zero-order valence-corrected chi connectivity index (χ0v) is 24.5. The Labute approximate surface area is 244 Å². The molecule has 226 valence electrons. The summed E-state index contributed by atoms with van der Waals surface area (Å²) < 4.78 is 56.8. The van der Waals surface area contributed by atoms with Crippen LogP contribution in [-0.4, -0.2) is 82.9 Å². The van der Waals surface area contributed by atoms with E-state index in [0.29, 0.717) is 34.1 Å². The molecule has 0 unspecified atom stereocenters. The summed E-state index contributed by atoms with van der Waals surface area (Å²) in [5, 5.41) is 17.8. The lowest BCUT2D eigenvalue weighted by Gasteiger charge is -2.35. The van der Waals surface area contributed by atoms with Crippen molar-refractivity contribution in [3.05, 3.63) is 36.2 Å². The SMILES string of the molecule is Cc1cc(-c2cn(-c3ccc(NS(=O)(=O)CCCO)cc3N3CCC4(CC3)CC4)nn2)nc(N2CCC(F)(F)CC2)n1. The Morgan fingerprint density at radius 3 is 2.33 bits per heavy atom. The first-order valence-corrected chi connectivity index (χ1v) is 16.1. The maximum Gasteiger partial charge on any atom is 0.251 e. The second-order valence-corrected chi connectivity index (χ2v) is 13.6. The molecule has 0 amide bonds. The van der Waals surface area contributed by atoms with Crippen LogP contribution in [0, 0.1) is 12.3 Å². The summed E-state index contributed by atoms with van der Waals surface area (Å²) >= 11 is 0. The van der Waals surface area contributed by atoms with E-state index >= 15 is 0 Å². The van der Waals surface area contributed by atoms with Gasteiger partial charge >= 0.3 is 0 Å². The van der Waals surface area contributed by atoms with Crippen LogP contribution in [0.5, 0.6) is 0 Å². The van der Waals surface area contributed by atoms with Gasteiger partial charge in [0.25, 0.3) is 5.92 Å². The van der Waals surface area contributed by atoms with Crippen LogP contribution in [0.1, 0.15) is 50.6 Å². The highest BCUT2D eigenvalue weighted by molar-refractivity contribution is 7.92. The van der Waals surface area contributed by atoms with Crippen molar-refractivity contribution in [2.75, 3.05) is 53.1 Å². The Kier molecular flexibility index (Phi) is 7.54. The molecule has 14 heteroatoms. The molecule has 1 saturated carbocycles. The number of halogens is 2. The highest BCUT2D eigenvalue weighted by Crippen LogP contribution is 2.54. The summed E-state index contributed by atoms with van der Waals surface area (Å²) in [5.74, 6) is -2.43. The molecule has 6 rings (SSSR count). The zero-order valence-electron chi connectivity index (χ0n) is 23.6. The van der Waals surface area contributed by atoms with Gasteiger partial charge in [-0.15, -0.1) is 5.10 Å². The van der Waals surface area contributed by atoms with Crippen LogP contribution in [-0.2, 0) is 10.0 Å². The molecule has 2 N–H and O–H groups in total. The van der Waals surface area contributed by atoms with Crippen LogP contribution >= 0.6 is 0 Å². The smallest absolute Gasteiger partial charge is 0.251 e. The number of nitrogens with one attached hydrogen (secondary N) is 1. The average molecular weight is 603 g/mol. The van der Waals surface area contributed by atoms with Gasteiger partial charge in [0.1, 0.15) is 5.69 Å². The second kappa shape index (κ2) is 11.0. The number of hydrogen-bond donors (Lipinski definition) is 2. The van der Waals surface area contributed by atoms with Crippen LogP contribution in [0.25, 0.3) is 17.1 Å². The van der Waals surface area contributed by atoms with Crippen molar-refractivity contribution in [2.45, 2.75) is 57.8 Å². The van der Waals surface area contributed by atoms with Crippen molar-refractivity contribution in [3.63, 3.8) is 0 Å². The molecule has 3 aromatic rings. The fraction of sp³-hybridized carbons (Fsp3) is 0.571. The van der Waals surface area contributed by atoms with Gasteiger partial charge in [-0.1, -0.05) is 5.21 Å². The number of alkyl halides is 2. The van der Waals surface area contributed by atoms with E-state index in [1.807, 2.05) is 19.1 Å². The third-order valence-corrected chi connectivity index (χ3v) is 9.94. The second-order valence-electron chi connectivity index (χ2n) is 11.8. The number of aliphatic hydroxyl groups is 1. The van der Waals surface area contributed by atoms with Gasteiger partial charge in [0.05, 0.1) is 34.7 Å². The number of nitrogens with zero attached hydrogens (tertiary/aromatic N) is 7. The Hall–Kier alpha value is -3.39. The van der Waals surface area contributed by atoms with Gasteiger partial charge in [0.2, 0.25) is 16.0 Å². The van der Waals surface area contributed by atoms with Crippen molar-refractivity contribution >= 4 is 27.3 Å². The number of rotatable bonds is 9. The minimum absolute atomic E-state index is 0.157. The van der Waals surface area contributed by atoms with Gasteiger partial charge in [-0.3, -0.25) is 4.72 Å². The molecule has 11 nitrogen and oxygen atoms in total. The summed E-state index contributed by atoms with van der Waals surface area (Å²) in [6, 6.07) is 7.14. The minimum atomic E-state index is -3.61. The first-order chi connectivity index (χ1) is 20.0. The van der Waals surface area contributed by atoms with E-state index in [0.717, 1.165) is 37.3 Å². The highest BCUT2D eigenvalue weighted by Gasteiger charge is 2.44. The lowest BCUT2D eigenvalue weighted by atomic mass is 9.93. The molecule has 0 atom stereocenters. The lowest BCUT2D eigenvalue weighted by molar-refractivity contribution is -0.0222. The number of aromatic nitrogens is 5. The standard InChI is InChI=1S/C28H36F2N8O3S/c1-20-17-22(32-26(31-20)37-13-9-28(29,30)10-14-37)23-19-38(35-33-23)24-4-3-21(34-42(40,41)16-2-15-39)18-25(24)36-11-7-27(5-6-27)8-12-36/h3-4,17-19,34,39H,2,5-16H2,1H3. The van der Waals surface area contributed by atoms with Crippen molar-refractivity contribution in [1.82, 2.24) is 25.0 Å². The molecular weight excluding hydrogens is 566 g/mol. The average Bonchev–Trinajstić information content (AvgIpc) is 3.51. The molecule has 42 heavy (non-hydrogen) atoms. The topological polar surface area (TPSA) is 129 Å². The molecule has 2 aromatic heterocycles. The third-order valence-electron chi connectivity index (χ3n) is 8.56. The molecule has 0 bridgehead atoms. The number of sulfonamides is 1. The molecule has 3 aliphatic rings. The van der Waals surface area contributed by atoms with Crippen LogP contribution in [0.3, 0.4) is 0 Å². The molecule has 1 spiro atoms. The monoisotopic (exact) mass is 602 g/mol. The number of aryl methyl sites for hydroxylation is 1. The Morgan fingerprint density at radius 2 is 1.64 bits per heavy atom. The number of hydrogen-bond acceptors (Lipinski definition) is 9. The van der Waals surface area contributed by atoms with E-state index in [4.69, 9.17) is 5.11 Å². The Morgan fingerprint density at radius 1 is 0.929 bits per heavy atom. The highest BCUT2D eigenvalue weighted by atomic mass is 32.2. The fourth-order valence-electron chi connectivity index (χ4n) is 5.78. The summed E-state index contributed by atoms with van der Waals surface area (Å²) in [6.07, 6.45) is 6.18. The van der Waals surface area contributed by atoms with Gasteiger partial charge in [-0.2, -0.15) is 0 Å². The summed E-state index contributed by atoms with van der Waals surface area (Å²) in [7, 11) is -3.61. The summed E-state index contributed by atoms with van der Waals surface area (Å²) in [5.41, 5.74) is 4.27. The number of benzene rings is 1. The van der Waals surface area contributed by atoms with Crippen LogP contribution in [0.4, 0.5) is 26.1 Å². The largest absolute Gasteiger partial charge is 0.396 e. The van der Waals surface area contributed by atoms with E-state index in [1.54, 1.807) is 27.9 Å². The Bertz CT molecular complexity index is 1540. The normalized spacial score (nSPS) is 19.7. The maximum absolute atomic E-state index is 13.7. The van der Waals surface area contributed by atoms with E-state index in [9.17, 15) is 17.2 Å².